The molecule has 0 amide bonds. The van der Waals surface area contributed by atoms with E-state index in [0.29, 0.717) is 5.88 Å². The second-order valence-corrected chi connectivity index (χ2v) is 5.84. The summed E-state index contributed by atoms with van der Waals surface area (Å²) in [6, 6.07) is 6.23. The fraction of sp³-hybridized carbons (Fsp3) is 0.667. The largest absolute Gasteiger partial charge is 0.493 e. The maximum atomic E-state index is 5.95. The Morgan fingerprint density at radius 1 is 0.950 bits per heavy atom. The number of benzene rings is 1. The Hall–Kier alpha value is -0.690. The van der Waals surface area contributed by atoms with E-state index >= 15 is 0 Å². The van der Waals surface area contributed by atoms with Crippen molar-refractivity contribution in [2.75, 3.05) is 6.61 Å². The van der Waals surface area contributed by atoms with Crippen LogP contribution in [0.3, 0.4) is 0 Å². The van der Waals surface area contributed by atoms with Crippen LogP contribution >= 0.6 is 11.6 Å². The van der Waals surface area contributed by atoms with Gasteiger partial charge < -0.3 is 4.74 Å². The third-order valence-electron chi connectivity index (χ3n) is 3.62. The molecule has 20 heavy (non-hydrogen) atoms. The zero-order valence-electron chi connectivity index (χ0n) is 13.1. The van der Waals surface area contributed by atoms with Gasteiger partial charge in [0.2, 0.25) is 0 Å². The van der Waals surface area contributed by atoms with E-state index < -0.39 is 0 Å². The highest BCUT2D eigenvalue weighted by atomic mass is 35.5. The van der Waals surface area contributed by atoms with Crippen molar-refractivity contribution < 1.29 is 4.74 Å². The Morgan fingerprint density at radius 3 is 2.25 bits per heavy atom. The van der Waals surface area contributed by atoms with Crippen molar-refractivity contribution in [2.24, 2.45) is 0 Å². The van der Waals surface area contributed by atoms with Crippen LogP contribution in [0.15, 0.2) is 18.2 Å². The quantitative estimate of drug-likeness (QED) is 0.346. The second-order valence-electron chi connectivity index (χ2n) is 5.57. The van der Waals surface area contributed by atoms with Gasteiger partial charge in [0.15, 0.2) is 0 Å². The van der Waals surface area contributed by atoms with E-state index in [2.05, 4.69) is 26.0 Å². The topological polar surface area (TPSA) is 9.23 Å². The molecule has 1 aromatic rings. The lowest BCUT2D eigenvalue weighted by atomic mass is 10.1. The van der Waals surface area contributed by atoms with Crippen LogP contribution in [0.1, 0.15) is 69.4 Å². The Morgan fingerprint density at radius 2 is 1.60 bits per heavy atom. The number of hydrogen-bond acceptors (Lipinski definition) is 1. The summed E-state index contributed by atoms with van der Waals surface area (Å²) in [5, 5.41) is 0. The SMILES string of the molecule is CCCCCCCCCCOc1ccc(C)cc1CCl. The number of unbranched alkanes of at least 4 members (excludes halogenated alkanes) is 7. The van der Waals surface area contributed by atoms with Crippen LogP contribution in [0.25, 0.3) is 0 Å². The Balaban J connectivity index is 2.09. The first-order valence-corrected chi connectivity index (χ1v) is 8.59. The molecule has 1 nitrogen and oxygen atoms in total. The smallest absolute Gasteiger partial charge is 0.123 e. The second kappa shape index (κ2) is 11.0. The summed E-state index contributed by atoms with van der Waals surface area (Å²) in [6.07, 6.45) is 10.6. The molecule has 0 aliphatic heterocycles. The first-order chi connectivity index (χ1) is 9.77. The summed E-state index contributed by atoms with van der Waals surface area (Å²) < 4.78 is 5.84. The molecule has 0 spiro atoms. The van der Waals surface area contributed by atoms with Crippen LogP contribution in [-0.2, 0) is 5.88 Å². The number of rotatable bonds is 11. The van der Waals surface area contributed by atoms with Crippen molar-refractivity contribution in [2.45, 2.75) is 71.1 Å². The lowest BCUT2D eigenvalue weighted by Gasteiger charge is -2.10. The maximum Gasteiger partial charge on any atom is 0.123 e. The molecular weight excluding hydrogens is 268 g/mol. The van der Waals surface area contributed by atoms with Crippen molar-refractivity contribution in [3.05, 3.63) is 29.3 Å². The van der Waals surface area contributed by atoms with Gasteiger partial charge >= 0.3 is 0 Å². The normalized spacial score (nSPS) is 10.8. The number of ether oxygens (including phenoxy) is 1. The number of hydrogen-bond donors (Lipinski definition) is 0. The monoisotopic (exact) mass is 296 g/mol. The van der Waals surface area contributed by atoms with Crippen molar-refractivity contribution in [1.29, 1.82) is 0 Å². The van der Waals surface area contributed by atoms with Crippen molar-refractivity contribution >= 4 is 11.6 Å². The van der Waals surface area contributed by atoms with Gasteiger partial charge in [0.1, 0.15) is 5.75 Å². The van der Waals surface area contributed by atoms with Gasteiger partial charge in [-0.05, 0) is 19.4 Å². The molecule has 1 aromatic carbocycles. The highest BCUT2D eigenvalue weighted by Gasteiger charge is 2.02. The molecule has 114 valence electrons. The fourth-order valence-electron chi connectivity index (χ4n) is 2.37. The molecule has 0 radical (unpaired) electrons. The average molecular weight is 297 g/mol. The predicted octanol–water partition coefficient (Wildman–Crippen LogP) is 6.25. The van der Waals surface area contributed by atoms with Crippen LogP contribution in [0.4, 0.5) is 0 Å². The third-order valence-corrected chi connectivity index (χ3v) is 3.90. The van der Waals surface area contributed by atoms with Crippen molar-refractivity contribution in [1.82, 2.24) is 0 Å². The van der Waals surface area contributed by atoms with E-state index in [1.165, 1.54) is 50.5 Å². The van der Waals surface area contributed by atoms with Gasteiger partial charge in [0.05, 0.1) is 12.5 Å². The number of aryl methyl sites for hydroxylation is 1. The molecule has 0 saturated carbocycles. The molecule has 0 heterocycles. The maximum absolute atomic E-state index is 5.95. The van der Waals surface area contributed by atoms with Gasteiger partial charge in [-0.25, -0.2) is 0 Å². The van der Waals surface area contributed by atoms with Gasteiger partial charge in [-0.1, -0.05) is 69.6 Å². The molecule has 0 aromatic heterocycles. The summed E-state index contributed by atoms with van der Waals surface area (Å²) in [5.74, 6) is 1.47. The highest BCUT2D eigenvalue weighted by molar-refractivity contribution is 6.17. The van der Waals surface area contributed by atoms with E-state index in [9.17, 15) is 0 Å². The molecule has 1 rings (SSSR count). The van der Waals surface area contributed by atoms with Crippen LogP contribution in [-0.4, -0.2) is 6.61 Å². The van der Waals surface area contributed by atoms with Gasteiger partial charge in [0, 0.05) is 5.56 Å². The molecule has 2 heteroatoms. The van der Waals surface area contributed by atoms with Gasteiger partial charge in [-0.3, -0.25) is 0 Å². The molecule has 0 aliphatic carbocycles. The lowest BCUT2D eigenvalue weighted by Crippen LogP contribution is -2.00. The van der Waals surface area contributed by atoms with Crippen LogP contribution in [0.5, 0.6) is 5.75 Å². The van der Waals surface area contributed by atoms with Gasteiger partial charge in [-0.15, -0.1) is 11.6 Å². The van der Waals surface area contributed by atoms with Crippen LogP contribution in [0.2, 0.25) is 0 Å². The van der Waals surface area contributed by atoms with Gasteiger partial charge in [0.25, 0.3) is 0 Å². The zero-order chi connectivity index (χ0) is 14.6. The fourth-order valence-corrected chi connectivity index (χ4v) is 2.58. The minimum Gasteiger partial charge on any atom is -0.493 e. The molecule has 0 bridgehead atoms. The van der Waals surface area contributed by atoms with Crippen molar-refractivity contribution in [3.63, 3.8) is 0 Å². The van der Waals surface area contributed by atoms with E-state index in [4.69, 9.17) is 16.3 Å². The third kappa shape index (κ3) is 7.19. The van der Waals surface area contributed by atoms with E-state index in [1.54, 1.807) is 0 Å². The molecule has 0 saturated heterocycles. The summed E-state index contributed by atoms with van der Waals surface area (Å²) in [4.78, 5) is 0. The minimum absolute atomic E-state index is 0.522. The number of alkyl halides is 1. The Bertz CT molecular complexity index is 362. The molecular formula is C18H29ClO. The van der Waals surface area contributed by atoms with E-state index in [-0.39, 0.29) is 0 Å². The van der Waals surface area contributed by atoms with Crippen molar-refractivity contribution in [3.8, 4) is 5.75 Å². The molecule has 0 fully saturated rings. The summed E-state index contributed by atoms with van der Waals surface area (Å²) >= 11 is 5.95. The zero-order valence-corrected chi connectivity index (χ0v) is 13.8. The first-order valence-electron chi connectivity index (χ1n) is 8.06. The summed E-state index contributed by atoms with van der Waals surface area (Å²) in [6.45, 7) is 5.15. The highest BCUT2D eigenvalue weighted by Crippen LogP contribution is 2.22. The van der Waals surface area contributed by atoms with Gasteiger partial charge in [-0.2, -0.15) is 0 Å². The molecule has 0 aliphatic rings. The Kier molecular flexibility index (Phi) is 9.57. The van der Waals surface area contributed by atoms with E-state index in [1.807, 2.05) is 6.07 Å². The van der Waals surface area contributed by atoms with E-state index in [0.717, 1.165) is 24.3 Å². The minimum atomic E-state index is 0.522. The molecule has 0 N–H and O–H groups in total. The summed E-state index contributed by atoms with van der Waals surface area (Å²) in [5.41, 5.74) is 2.34. The molecule has 0 atom stereocenters. The standard InChI is InChI=1S/C18H29ClO/c1-3-4-5-6-7-8-9-10-13-20-18-12-11-16(2)14-17(18)15-19/h11-12,14H,3-10,13,15H2,1-2H3. The van der Waals surface area contributed by atoms with Crippen LogP contribution in [0, 0.1) is 6.92 Å². The number of halogens is 1. The Labute approximate surface area is 129 Å². The lowest BCUT2D eigenvalue weighted by molar-refractivity contribution is 0.302. The molecule has 0 unspecified atom stereocenters. The van der Waals surface area contributed by atoms with Crippen LogP contribution < -0.4 is 4.74 Å². The summed E-state index contributed by atoms with van der Waals surface area (Å²) in [7, 11) is 0. The first kappa shape index (κ1) is 17.4. The average Bonchev–Trinajstić information content (AvgIpc) is 2.46. The predicted molar refractivity (Wildman–Crippen MR) is 88.8 cm³/mol.